The van der Waals surface area contributed by atoms with Crippen LogP contribution < -0.4 is 5.32 Å². The second-order valence-corrected chi connectivity index (χ2v) is 10.5. The van der Waals surface area contributed by atoms with Gasteiger partial charge < -0.3 is 15.3 Å². The number of piperidine rings is 1. The molecule has 0 spiro atoms. The lowest BCUT2D eigenvalue weighted by Crippen LogP contribution is -2.47. The van der Waals surface area contributed by atoms with E-state index in [4.69, 9.17) is 5.11 Å². The van der Waals surface area contributed by atoms with Crippen molar-refractivity contribution in [2.24, 2.45) is 12.5 Å². The lowest BCUT2D eigenvalue weighted by molar-refractivity contribution is -0.137. The van der Waals surface area contributed by atoms with Crippen LogP contribution in [-0.2, 0) is 18.3 Å². The molecule has 0 amide bonds. The number of aromatic nitrogens is 2. The van der Waals surface area contributed by atoms with Gasteiger partial charge >= 0.3 is 5.97 Å². The van der Waals surface area contributed by atoms with Gasteiger partial charge in [-0.15, -0.1) is 0 Å². The Labute approximate surface area is 208 Å². The normalized spacial score (nSPS) is 21.6. The minimum atomic E-state index is -0.712. The molecule has 2 fully saturated rings. The molecule has 2 unspecified atom stereocenters. The molecule has 5 rings (SSSR count). The third kappa shape index (κ3) is 6.00. The maximum atomic E-state index is 11.1. The predicted molar refractivity (Wildman–Crippen MR) is 138 cm³/mol. The van der Waals surface area contributed by atoms with Crippen LogP contribution >= 0.6 is 0 Å². The minimum Gasteiger partial charge on any atom is -0.481 e. The molecule has 2 aromatic carbocycles. The van der Waals surface area contributed by atoms with Crippen LogP contribution in [0.1, 0.15) is 42.7 Å². The van der Waals surface area contributed by atoms with E-state index >= 15 is 0 Å². The van der Waals surface area contributed by atoms with E-state index in [1.54, 1.807) is 0 Å². The highest BCUT2D eigenvalue weighted by Crippen LogP contribution is 2.42. The lowest BCUT2D eigenvalue weighted by Gasteiger charge is -2.42. The molecule has 3 aromatic rings. The minimum absolute atomic E-state index is 0.178. The van der Waals surface area contributed by atoms with Gasteiger partial charge in [-0.25, -0.2) is 0 Å². The number of aliphatic carboxylic acids is 1. The Balaban J connectivity index is 1.28. The summed E-state index contributed by atoms with van der Waals surface area (Å²) in [6, 6.07) is 20.3. The van der Waals surface area contributed by atoms with Gasteiger partial charge in [-0.3, -0.25) is 9.48 Å². The van der Waals surface area contributed by atoms with E-state index in [0.717, 1.165) is 44.5 Å². The van der Waals surface area contributed by atoms with Crippen molar-refractivity contribution in [1.82, 2.24) is 20.0 Å². The Bertz CT molecular complexity index is 1130. The van der Waals surface area contributed by atoms with E-state index in [2.05, 4.69) is 76.1 Å². The molecule has 0 radical (unpaired) electrons. The number of hydrogen-bond donors (Lipinski definition) is 2. The van der Waals surface area contributed by atoms with Gasteiger partial charge in [0, 0.05) is 43.9 Å². The first-order valence-corrected chi connectivity index (χ1v) is 12.8. The van der Waals surface area contributed by atoms with E-state index in [9.17, 15) is 4.79 Å². The molecule has 2 N–H and O–H groups in total. The molecule has 2 heterocycles. The van der Waals surface area contributed by atoms with Crippen molar-refractivity contribution >= 4 is 5.97 Å². The molecule has 1 saturated heterocycles. The number of nitrogens with zero attached hydrogens (tertiary/aromatic N) is 3. The summed E-state index contributed by atoms with van der Waals surface area (Å²) in [7, 11) is 1.95. The third-order valence-electron chi connectivity index (χ3n) is 7.86. The van der Waals surface area contributed by atoms with Gasteiger partial charge in [0.05, 0.1) is 12.6 Å². The summed E-state index contributed by atoms with van der Waals surface area (Å²) in [4.78, 5) is 13.4. The maximum Gasteiger partial charge on any atom is 0.304 e. The molecular formula is C29H36N4O2. The molecule has 184 valence electrons. The van der Waals surface area contributed by atoms with Crippen LogP contribution in [-0.4, -0.2) is 58.0 Å². The molecule has 2 aliphatic rings. The summed E-state index contributed by atoms with van der Waals surface area (Å²) >= 11 is 0. The highest BCUT2D eigenvalue weighted by molar-refractivity contribution is 5.66. The van der Waals surface area contributed by atoms with Crippen molar-refractivity contribution in [1.29, 1.82) is 0 Å². The first-order chi connectivity index (χ1) is 17.0. The zero-order valence-electron chi connectivity index (χ0n) is 20.6. The number of benzene rings is 2. The second-order valence-electron chi connectivity index (χ2n) is 10.5. The zero-order valence-corrected chi connectivity index (χ0v) is 20.6. The molecule has 1 saturated carbocycles. The van der Waals surface area contributed by atoms with Crippen LogP contribution in [0.2, 0.25) is 0 Å². The summed E-state index contributed by atoms with van der Waals surface area (Å²) in [5.74, 6) is -0.0887. The van der Waals surface area contributed by atoms with Crippen molar-refractivity contribution in [3.05, 3.63) is 78.1 Å². The maximum absolute atomic E-state index is 11.1. The van der Waals surface area contributed by atoms with Crippen molar-refractivity contribution in [2.75, 3.05) is 26.2 Å². The smallest absolute Gasteiger partial charge is 0.304 e. The van der Waals surface area contributed by atoms with E-state index in [-0.39, 0.29) is 11.8 Å². The van der Waals surface area contributed by atoms with Gasteiger partial charge in [0.2, 0.25) is 0 Å². The third-order valence-corrected chi connectivity index (χ3v) is 7.86. The van der Waals surface area contributed by atoms with Crippen LogP contribution in [0.4, 0.5) is 0 Å². The quantitative estimate of drug-likeness (QED) is 0.460. The number of rotatable bonds is 10. The summed E-state index contributed by atoms with van der Waals surface area (Å²) in [5, 5.41) is 17.4. The van der Waals surface area contributed by atoms with Crippen molar-refractivity contribution in [3.8, 4) is 11.1 Å². The highest BCUT2D eigenvalue weighted by atomic mass is 16.4. The van der Waals surface area contributed by atoms with Gasteiger partial charge in [-0.1, -0.05) is 54.6 Å². The van der Waals surface area contributed by atoms with E-state index in [1.165, 1.54) is 23.1 Å². The van der Waals surface area contributed by atoms with Crippen LogP contribution in [0.15, 0.2) is 67.0 Å². The summed E-state index contributed by atoms with van der Waals surface area (Å²) < 4.78 is 1.85. The molecule has 2 atom stereocenters. The Morgan fingerprint density at radius 3 is 2.63 bits per heavy atom. The predicted octanol–water partition coefficient (Wildman–Crippen LogP) is 4.33. The first kappa shape index (κ1) is 23.8. The number of carboxylic acid groups (broad SMARTS) is 1. The number of aryl methyl sites for hydroxylation is 1. The molecule has 1 aliphatic carbocycles. The van der Waals surface area contributed by atoms with Crippen LogP contribution in [0, 0.1) is 5.41 Å². The average molecular weight is 473 g/mol. The van der Waals surface area contributed by atoms with Gasteiger partial charge in [-0.05, 0) is 60.9 Å². The molecule has 6 heteroatoms. The number of carboxylic acids is 1. The SMILES string of the molecule is Cn1cc(-c2cccc(CC3(CNC4CC4c4ccccc4)CCN(CCC(=O)O)CC3)c2)cn1. The molecule has 1 aromatic heterocycles. The molecular weight excluding hydrogens is 436 g/mol. The second kappa shape index (κ2) is 10.3. The number of carbonyl (C=O) groups is 1. The average Bonchev–Trinajstić information content (AvgIpc) is 3.53. The first-order valence-electron chi connectivity index (χ1n) is 12.8. The standard InChI is InChI=1S/C29H36N4O2/c1-32-20-25(19-31-32)24-9-5-6-22(16-24)18-29(11-14-33(15-12-29)13-10-28(34)35)21-30-27-17-26(27)23-7-3-2-4-8-23/h2-9,16,19-20,26-27,30H,10-15,17-18,21H2,1H3,(H,34,35). The fourth-order valence-corrected chi connectivity index (χ4v) is 5.62. The topological polar surface area (TPSA) is 70.4 Å². The zero-order chi connectivity index (χ0) is 24.3. The van der Waals surface area contributed by atoms with Gasteiger partial charge in [0.15, 0.2) is 0 Å². The van der Waals surface area contributed by atoms with Crippen LogP contribution in [0.25, 0.3) is 11.1 Å². The van der Waals surface area contributed by atoms with Crippen LogP contribution in [0.5, 0.6) is 0 Å². The Kier molecular flexibility index (Phi) is 7.02. The van der Waals surface area contributed by atoms with Crippen molar-refractivity contribution < 1.29 is 9.90 Å². The number of hydrogen-bond acceptors (Lipinski definition) is 4. The fourth-order valence-electron chi connectivity index (χ4n) is 5.62. The van der Waals surface area contributed by atoms with Crippen molar-refractivity contribution in [2.45, 2.75) is 44.1 Å². The van der Waals surface area contributed by atoms with E-state index in [0.29, 0.717) is 18.5 Å². The lowest BCUT2D eigenvalue weighted by atomic mass is 9.73. The van der Waals surface area contributed by atoms with E-state index < -0.39 is 5.97 Å². The van der Waals surface area contributed by atoms with Gasteiger partial charge in [0.25, 0.3) is 0 Å². The Hall–Kier alpha value is -2.96. The largest absolute Gasteiger partial charge is 0.481 e. The molecule has 35 heavy (non-hydrogen) atoms. The molecule has 0 bridgehead atoms. The molecule has 6 nitrogen and oxygen atoms in total. The van der Waals surface area contributed by atoms with Crippen LogP contribution in [0.3, 0.4) is 0 Å². The van der Waals surface area contributed by atoms with Crippen molar-refractivity contribution in [3.63, 3.8) is 0 Å². The monoisotopic (exact) mass is 472 g/mol. The van der Waals surface area contributed by atoms with E-state index in [1.807, 2.05) is 17.9 Å². The van der Waals surface area contributed by atoms with Gasteiger partial charge in [-0.2, -0.15) is 5.10 Å². The number of likely N-dealkylation sites (tertiary alicyclic amines) is 1. The summed E-state index contributed by atoms with van der Waals surface area (Å²) in [6.07, 6.45) is 8.62. The Morgan fingerprint density at radius 2 is 1.91 bits per heavy atom. The summed E-state index contributed by atoms with van der Waals surface area (Å²) in [6.45, 7) is 3.58. The van der Waals surface area contributed by atoms with Gasteiger partial charge in [0.1, 0.15) is 0 Å². The summed E-state index contributed by atoms with van der Waals surface area (Å²) in [5.41, 5.74) is 5.34. The fraction of sp³-hybridized carbons (Fsp3) is 0.448. The number of nitrogens with one attached hydrogen (secondary N) is 1. The highest BCUT2D eigenvalue weighted by Gasteiger charge is 2.41. The molecule has 1 aliphatic heterocycles. The Morgan fingerprint density at radius 1 is 1.11 bits per heavy atom.